The molecule has 0 bridgehead atoms. The van der Waals surface area contributed by atoms with Crippen molar-refractivity contribution < 1.29 is 4.79 Å². The molecule has 6 nitrogen and oxygen atoms in total. The van der Waals surface area contributed by atoms with Gasteiger partial charge in [0.05, 0.1) is 11.0 Å². The van der Waals surface area contributed by atoms with Crippen LogP contribution in [-0.2, 0) is 18.9 Å². The van der Waals surface area contributed by atoms with Gasteiger partial charge in [-0.3, -0.25) is 13.9 Å². The van der Waals surface area contributed by atoms with Crippen molar-refractivity contribution in [2.24, 2.45) is 31.5 Å². The molecule has 2 atom stereocenters. The lowest BCUT2D eigenvalue weighted by Gasteiger charge is -2.16. The van der Waals surface area contributed by atoms with Crippen molar-refractivity contribution in [1.29, 1.82) is 0 Å². The zero-order chi connectivity index (χ0) is 15.7. The van der Waals surface area contributed by atoms with Gasteiger partial charge in [0.2, 0.25) is 5.91 Å². The molecule has 4 N–H and O–H groups in total. The molecule has 0 saturated heterocycles. The summed E-state index contributed by atoms with van der Waals surface area (Å²) < 4.78 is 3.22. The van der Waals surface area contributed by atoms with Gasteiger partial charge in [0.1, 0.15) is 0 Å². The predicted octanol–water partition coefficient (Wildman–Crippen LogP) is 0.778. The highest BCUT2D eigenvalue weighted by Crippen LogP contribution is 2.23. The molecule has 2 aromatic rings. The summed E-state index contributed by atoms with van der Waals surface area (Å²) in [7, 11) is 3.49. The van der Waals surface area contributed by atoms with Crippen LogP contribution in [0.2, 0.25) is 0 Å². The molecular formula is C15H22N4O2. The predicted molar refractivity (Wildman–Crippen MR) is 82.7 cm³/mol. The van der Waals surface area contributed by atoms with Crippen LogP contribution in [0.25, 0.3) is 11.0 Å². The summed E-state index contributed by atoms with van der Waals surface area (Å²) in [5, 5.41) is 0. The molecule has 0 saturated carbocycles. The zero-order valence-electron chi connectivity index (χ0n) is 12.7. The van der Waals surface area contributed by atoms with Crippen LogP contribution in [0, 0.1) is 5.92 Å². The monoisotopic (exact) mass is 290 g/mol. The summed E-state index contributed by atoms with van der Waals surface area (Å²) >= 11 is 0. The Hall–Kier alpha value is -2.08. The van der Waals surface area contributed by atoms with Gasteiger partial charge in [-0.25, -0.2) is 4.79 Å². The lowest BCUT2D eigenvalue weighted by molar-refractivity contribution is -0.118. The molecule has 1 heterocycles. The first-order chi connectivity index (χ1) is 9.81. The summed E-state index contributed by atoms with van der Waals surface area (Å²) in [4.78, 5) is 22.8. The SMILES string of the molecule is CC(CC(N)=O)CC(N)c1ccc2c(c1)n(C)c(=O)n2C. The molecule has 0 aliphatic rings. The number of hydrogen-bond donors (Lipinski definition) is 2. The van der Waals surface area contributed by atoms with Gasteiger partial charge in [0.25, 0.3) is 0 Å². The minimum absolute atomic E-state index is 0.0576. The van der Waals surface area contributed by atoms with Crippen LogP contribution in [0.5, 0.6) is 0 Å². The highest BCUT2D eigenvalue weighted by atomic mass is 16.2. The number of carbonyl (C=O) groups is 1. The number of imidazole rings is 1. The Morgan fingerprint density at radius 2 is 1.86 bits per heavy atom. The summed E-state index contributed by atoms with van der Waals surface area (Å²) in [5.41, 5.74) is 14.1. The maximum atomic E-state index is 11.9. The number of fused-ring (bicyclic) bond motifs is 1. The van der Waals surface area contributed by atoms with Crippen LogP contribution >= 0.6 is 0 Å². The van der Waals surface area contributed by atoms with E-state index in [1.807, 2.05) is 25.1 Å². The fourth-order valence-electron chi connectivity index (χ4n) is 2.75. The first-order valence-corrected chi connectivity index (χ1v) is 7.00. The van der Waals surface area contributed by atoms with Crippen LogP contribution in [0.15, 0.2) is 23.0 Å². The van der Waals surface area contributed by atoms with E-state index in [0.29, 0.717) is 12.8 Å². The van der Waals surface area contributed by atoms with Gasteiger partial charge in [-0.05, 0) is 30.0 Å². The van der Waals surface area contributed by atoms with E-state index in [2.05, 4.69) is 0 Å². The summed E-state index contributed by atoms with van der Waals surface area (Å²) in [6.45, 7) is 1.96. The maximum absolute atomic E-state index is 11.9. The molecular weight excluding hydrogens is 268 g/mol. The maximum Gasteiger partial charge on any atom is 0.328 e. The van der Waals surface area contributed by atoms with Gasteiger partial charge in [-0.1, -0.05) is 13.0 Å². The third-order valence-electron chi connectivity index (χ3n) is 3.93. The van der Waals surface area contributed by atoms with Crippen molar-refractivity contribution in [3.05, 3.63) is 34.2 Å². The van der Waals surface area contributed by atoms with Crippen molar-refractivity contribution in [2.45, 2.75) is 25.8 Å². The van der Waals surface area contributed by atoms with E-state index in [4.69, 9.17) is 11.5 Å². The first kappa shape index (κ1) is 15.3. The molecule has 0 fully saturated rings. The second-order valence-corrected chi connectivity index (χ2v) is 5.77. The number of rotatable bonds is 5. The second kappa shape index (κ2) is 5.73. The van der Waals surface area contributed by atoms with E-state index in [1.165, 1.54) is 0 Å². The lowest BCUT2D eigenvalue weighted by Crippen LogP contribution is -2.19. The Bertz CT molecular complexity index is 729. The highest BCUT2D eigenvalue weighted by molar-refractivity contribution is 5.77. The van der Waals surface area contributed by atoms with Gasteiger partial charge in [0.15, 0.2) is 0 Å². The largest absolute Gasteiger partial charge is 0.370 e. The van der Waals surface area contributed by atoms with Gasteiger partial charge in [-0.15, -0.1) is 0 Å². The topological polar surface area (TPSA) is 96.0 Å². The average molecular weight is 290 g/mol. The van der Waals surface area contributed by atoms with E-state index < -0.39 is 0 Å². The second-order valence-electron chi connectivity index (χ2n) is 5.77. The summed E-state index contributed by atoms with van der Waals surface area (Å²) in [5.74, 6) is -0.177. The molecule has 0 aliphatic carbocycles. The Kier molecular flexibility index (Phi) is 4.18. The normalized spacial score (nSPS) is 14.3. The van der Waals surface area contributed by atoms with Gasteiger partial charge < -0.3 is 11.5 Å². The molecule has 2 unspecified atom stereocenters. The minimum atomic E-state index is -0.310. The van der Waals surface area contributed by atoms with Gasteiger partial charge in [-0.2, -0.15) is 0 Å². The Labute approximate surface area is 123 Å². The number of nitrogens with two attached hydrogens (primary N) is 2. The molecule has 0 spiro atoms. The van der Waals surface area contributed by atoms with Crippen molar-refractivity contribution in [1.82, 2.24) is 9.13 Å². The molecule has 1 aromatic carbocycles. The van der Waals surface area contributed by atoms with Crippen LogP contribution in [0.3, 0.4) is 0 Å². The Morgan fingerprint density at radius 1 is 1.24 bits per heavy atom. The third kappa shape index (κ3) is 3.00. The summed E-state index contributed by atoms with van der Waals surface area (Å²) in [6, 6.07) is 5.60. The lowest BCUT2D eigenvalue weighted by atomic mass is 9.94. The Morgan fingerprint density at radius 3 is 2.48 bits per heavy atom. The number of nitrogens with zero attached hydrogens (tertiary/aromatic N) is 2. The van der Waals surface area contributed by atoms with Crippen LogP contribution < -0.4 is 17.2 Å². The minimum Gasteiger partial charge on any atom is -0.370 e. The molecule has 21 heavy (non-hydrogen) atoms. The van der Waals surface area contributed by atoms with Crippen molar-refractivity contribution >= 4 is 16.9 Å². The number of hydrogen-bond acceptors (Lipinski definition) is 3. The van der Waals surface area contributed by atoms with Crippen LogP contribution in [-0.4, -0.2) is 15.0 Å². The van der Waals surface area contributed by atoms with E-state index in [1.54, 1.807) is 23.2 Å². The molecule has 2 rings (SSSR count). The van der Waals surface area contributed by atoms with Crippen LogP contribution in [0.4, 0.5) is 0 Å². The number of aromatic nitrogens is 2. The Balaban J connectivity index is 2.28. The van der Waals surface area contributed by atoms with Crippen molar-refractivity contribution in [3.8, 4) is 0 Å². The van der Waals surface area contributed by atoms with Crippen LogP contribution in [0.1, 0.15) is 31.4 Å². The molecule has 0 radical (unpaired) electrons. The van der Waals surface area contributed by atoms with Crippen molar-refractivity contribution in [3.63, 3.8) is 0 Å². The fraction of sp³-hybridized carbons (Fsp3) is 0.467. The average Bonchev–Trinajstić information content (AvgIpc) is 2.62. The summed E-state index contributed by atoms with van der Waals surface area (Å²) in [6.07, 6.45) is 1.01. The number of aryl methyl sites for hydroxylation is 2. The molecule has 1 amide bonds. The molecule has 1 aromatic heterocycles. The highest BCUT2D eigenvalue weighted by Gasteiger charge is 2.15. The van der Waals surface area contributed by atoms with E-state index in [9.17, 15) is 9.59 Å². The zero-order valence-corrected chi connectivity index (χ0v) is 12.7. The number of primary amides is 1. The molecule has 0 aliphatic heterocycles. The fourth-order valence-corrected chi connectivity index (χ4v) is 2.75. The van der Waals surface area contributed by atoms with Gasteiger partial charge in [0, 0.05) is 26.6 Å². The number of amides is 1. The van der Waals surface area contributed by atoms with Crippen molar-refractivity contribution in [2.75, 3.05) is 0 Å². The first-order valence-electron chi connectivity index (χ1n) is 7.00. The third-order valence-corrected chi connectivity index (χ3v) is 3.93. The van der Waals surface area contributed by atoms with E-state index in [-0.39, 0.29) is 23.6 Å². The van der Waals surface area contributed by atoms with Gasteiger partial charge >= 0.3 is 5.69 Å². The molecule has 6 heteroatoms. The number of carbonyl (C=O) groups excluding carboxylic acids is 1. The number of benzene rings is 1. The molecule has 114 valence electrons. The van der Waals surface area contributed by atoms with E-state index >= 15 is 0 Å². The quantitative estimate of drug-likeness (QED) is 0.851. The van der Waals surface area contributed by atoms with E-state index in [0.717, 1.165) is 16.6 Å². The smallest absolute Gasteiger partial charge is 0.328 e. The standard InChI is InChI=1S/C15H22N4O2/c1-9(7-14(17)20)6-11(16)10-4-5-12-13(8-10)19(3)15(21)18(12)2/h4-5,8-9,11H,6-7,16H2,1-3H3,(H2,17,20).